The van der Waals surface area contributed by atoms with Gasteiger partial charge in [0.15, 0.2) is 5.78 Å². The van der Waals surface area contributed by atoms with Gasteiger partial charge in [-0.2, -0.15) is 0 Å². The number of methoxy groups -OCH3 is 1. The number of carbonyl (C=O) groups excluding carboxylic acids is 1. The average Bonchev–Trinajstić information content (AvgIpc) is 2.15. The quantitative estimate of drug-likeness (QED) is 0.797. The van der Waals surface area contributed by atoms with Crippen LogP contribution in [0.15, 0.2) is 18.2 Å². The highest BCUT2D eigenvalue weighted by Crippen LogP contribution is 2.26. The van der Waals surface area contributed by atoms with Gasteiger partial charge in [0, 0.05) is 24.6 Å². The van der Waals surface area contributed by atoms with Crippen LogP contribution in [0.25, 0.3) is 0 Å². The Balaban J connectivity index is 2.24. The molecule has 0 spiro atoms. The first-order valence-corrected chi connectivity index (χ1v) is 5.18. The van der Waals surface area contributed by atoms with E-state index in [2.05, 4.69) is 5.32 Å². The molecule has 15 heavy (non-hydrogen) atoms. The summed E-state index contributed by atoms with van der Waals surface area (Å²) in [5.41, 5.74) is 0.669. The smallest absolute Gasteiger partial charge is 0.168 e. The number of Topliss-reactive ketones (excluding diaryl/α,β-unsaturated/α-hetero) is 1. The molecule has 2 rings (SSSR count). The molecule has 0 saturated carbocycles. The first-order chi connectivity index (χ1) is 7.22. The zero-order valence-electron chi connectivity index (χ0n) is 8.42. The van der Waals surface area contributed by atoms with Gasteiger partial charge in [-0.1, -0.05) is 11.6 Å². The normalized spacial score (nSPS) is 15.9. The molecular weight excluding hydrogens is 214 g/mol. The first kappa shape index (κ1) is 10.5. The number of nitrogens with one attached hydrogen (secondary N) is 1. The van der Waals surface area contributed by atoms with Crippen LogP contribution < -0.4 is 10.1 Å². The summed E-state index contributed by atoms with van der Waals surface area (Å²) >= 11 is 5.88. The topological polar surface area (TPSA) is 38.3 Å². The number of benzene rings is 1. The number of ketones is 1. The summed E-state index contributed by atoms with van der Waals surface area (Å²) in [6.07, 6.45) is 0. The summed E-state index contributed by atoms with van der Waals surface area (Å²) in [6, 6.07) is 5.13. The van der Waals surface area contributed by atoms with Crippen molar-refractivity contribution < 1.29 is 9.53 Å². The highest BCUT2D eigenvalue weighted by atomic mass is 35.5. The lowest BCUT2D eigenvalue weighted by atomic mass is 9.93. The summed E-state index contributed by atoms with van der Waals surface area (Å²) < 4.78 is 5.07. The summed E-state index contributed by atoms with van der Waals surface area (Å²) in [4.78, 5) is 11.9. The largest absolute Gasteiger partial charge is 0.495 e. The average molecular weight is 226 g/mol. The zero-order valence-corrected chi connectivity index (χ0v) is 9.17. The lowest BCUT2D eigenvalue weighted by Gasteiger charge is -2.25. The molecule has 0 aliphatic carbocycles. The van der Waals surface area contributed by atoms with Crippen LogP contribution in [0.2, 0.25) is 5.02 Å². The number of carbonyl (C=O) groups is 1. The van der Waals surface area contributed by atoms with Crippen molar-refractivity contribution in [2.75, 3.05) is 20.2 Å². The van der Waals surface area contributed by atoms with E-state index in [1.165, 1.54) is 0 Å². The number of rotatable bonds is 3. The van der Waals surface area contributed by atoms with Crippen molar-refractivity contribution >= 4 is 17.4 Å². The molecule has 0 amide bonds. The number of hydrogen-bond acceptors (Lipinski definition) is 3. The molecule has 0 atom stereocenters. The predicted octanol–water partition coefficient (Wildman–Crippen LogP) is 1.75. The Bertz CT molecular complexity index is 388. The maximum atomic E-state index is 11.9. The van der Waals surface area contributed by atoms with Gasteiger partial charge < -0.3 is 10.1 Å². The second-order valence-corrected chi connectivity index (χ2v) is 3.98. The molecule has 1 fully saturated rings. The van der Waals surface area contributed by atoms with Crippen LogP contribution in [0.1, 0.15) is 10.4 Å². The molecular formula is C11H12ClNO2. The van der Waals surface area contributed by atoms with Gasteiger partial charge in [-0.25, -0.2) is 0 Å². The zero-order chi connectivity index (χ0) is 10.8. The van der Waals surface area contributed by atoms with Crippen LogP contribution in [0, 0.1) is 5.92 Å². The second-order valence-electron chi connectivity index (χ2n) is 3.57. The molecule has 1 saturated heterocycles. The van der Waals surface area contributed by atoms with E-state index >= 15 is 0 Å². The molecule has 0 unspecified atom stereocenters. The predicted molar refractivity (Wildman–Crippen MR) is 58.7 cm³/mol. The van der Waals surface area contributed by atoms with Gasteiger partial charge in [-0.15, -0.1) is 0 Å². The van der Waals surface area contributed by atoms with E-state index in [-0.39, 0.29) is 11.7 Å². The van der Waals surface area contributed by atoms with Crippen molar-refractivity contribution in [2.45, 2.75) is 0 Å². The monoisotopic (exact) mass is 225 g/mol. The van der Waals surface area contributed by atoms with Gasteiger partial charge in [0.25, 0.3) is 0 Å². The van der Waals surface area contributed by atoms with Crippen LogP contribution in [0.4, 0.5) is 0 Å². The Morgan fingerprint density at radius 1 is 1.53 bits per heavy atom. The molecule has 0 aromatic heterocycles. The van der Waals surface area contributed by atoms with E-state index in [0.29, 0.717) is 16.3 Å². The van der Waals surface area contributed by atoms with Gasteiger partial charge in [-0.05, 0) is 18.2 Å². The Kier molecular flexibility index (Phi) is 2.93. The lowest BCUT2D eigenvalue weighted by Crippen LogP contribution is -2.46. The molecule has 1 heterocycles. The third-order valence-corrected chi connectivity index (χ3v) is 2.90. The molecule has 4 heteroatoms. The van der Waals surface area contributed by atoms with Crippen molar-refractivity contribution in [1.29, 1.82) is 0 Å². The van der Waals surface area contributed by atoms with Crippen LogP contribution in [0.3, 0.4) is 0 Å². The van der Waals surface area contributed by atoms with Gasteiger partial charge >= 0.3 is 0 Å². The summed E-state index contributed by atoms with van der Waals surface area (Å²) in [7, 11) is 1.54. The molecule has 1 aromatic carbocycles. The second kappa shape index (κ2) is 4.21. The van der Waals surface area contributed by atoms with E-state index in [1.54, 1.807) is 25.3 Å². The minimum Gasteiger partial charge on any atom is -0.495 e. The van der Waals surface area contributed by atoms with Crippen LogP contribution in [-0.4, -0.2) is 26.0 Å². The van der Waals surface area contributed by atoms with Crippen molar-refractivity contribution in [2.24, 2.45) is 5.92 Å². The maximum Gasteiger partial charge on any atom is 0.168 e. The highest BCUT2D eigenvalue weighted by Gasteiger charge is 2.26. The number of halogens is 1. The summed E-state index contributed by atoms with van der Waals surface area (Å²) in [5, 5.41) is 3.60. The Hall–Kier alpha value is -1.06. The first-order valence-electron chi connectivity index (χ1n) is 4.81. The van der Waals surface area contributed by atoms with E-state index < -0.39 is 0 Å². The van der Waals surface area contributed by atoms with E-state index in [4.69, 9.17) is 16.3 Å². The van der Waals surface area contributed by atoms with Gasteiger partial charge in [-0.3, -0.25) is 4.79 Å². The SMILES string of the molecule is COc1cc(C(=O)C2CNC2)ccc1Cl. The van der Waals surface area contributed by atoms with E-state index in [0.717, 1.165) is 13.1 Å². The Labute approximate surface area is 93.4 Å². The molecule has 0 radical (unpaired) electrons. The van der Waals surface area contributed by atoms with Crippen LogP contribution in [-0.2, 0) is 0 Å². The molecule has 0 bridgehead atoms. The maximum absolute atomic E-state index is 11.9. The minimum atomic E-state index is 0.107. The van der Waals surface area contributed by atoms with Crippen LogP contribution >= 0.6 is 11.6 Å². The highest BCUT2D eigenvalue weighted by molar-refractivity contribution is 6.32. The van der Waals surface area contributed by atoms with E-state index in [9.17, 15) is 4.79 Å². The third kappa shape index (κ3) is 1.98. The van der Waals surface area contributed by atoms with Gasteiger partial charge in [0.05, 0.1) is 12.1 Å². The molecule has 1 N–H and O–H groups in total. The fourth-order valence-corrected chi connectivity index (χ4v) is 1.72. The van der Waals surface area contributed by atoms with Gasteiger partial charge in [0.1, 0.15) is 5.75 Å². The standard InChI is InChI=1S/C11H12ClNO2/c1-15-10-4-7(2-3-9(10)12)11(14)8-5-13-6-8/h2-4,8,13H,5-6H2,1H3. The third-order valence-electron chi connectivity index (χ3n) is 2.59. The fourth-order valence-electron chi connectivity index (χ4n) is 1.52. The summed E-state index contributed by atoms with van der Waals surface area (Å²) in [6.45, 7) is 1.54. The van der Waals surface area contributed by atoms with Crippen LogP contribution in [0.5, 0.6) is 5.75 Å². The molecule has 1 aromatic rings. The number of hydrogen-bond donors (Lipinski definition) is 1. The van der Waals surface area contributed by atoms with E-state index in [1.807, 2.05) is 0 Å². The van der Waals surface area contributed by atoms with Gasteiger partial charge in [0.2, 0.25) is 0 Å². The molecule has 1 aliphatic heterocycles. The number of ether oxygens (including phenoxy) is 1. The minimum absolute atomic E-state index is 0.107. The summed E-state index contributed by atoms with van der Waals surface area (Å²) in [5.74, 6) is 0.814. The Morgan fingerprint density at radius 2 is 2.27 bits per heavy atom. The molecule has 3 nitrogen and oxygen atoms in total. The van der Waals surface area contributed by atoms with Crippen molar-refractivity contribution in [1.82, 2.24) is 5.32 Å². The fraction of sp³-hybridized carbons (Fsp3) is 0.364. The van der Waals surface area contributed by atoms with Crippen molar-refractivity contribution in [3.63, 3.8) is 0 Å². The molecule has 1 aliphatic rings. The van der Waals surface area contributed by atoms with Crippen molar-refractivity contribution in [3.8, 4) is 5.75 Å². The van der Waals surface area contributed by atoms with Crippen molar-refractivity contribution in [3.05, 3.63) is 28.8 Å². The Morgan fingerprint density at radius 3 is 2.80 bits per heavy atom. The molecule has 80 valence electrons. The lowest BCUT2D eigenvalue weighted by molar-refractivity contribution is 0.0878.